The molecule has 0 saturated heterocycles. The van der Waals surface area contributed by atoms with Crippen LogP contribution in [0, 0.1) is 10.1 Å². The maximum atomic E-state index is 13.0. The van der Waals surface area contributed by atoms with E-state index in [-0.39, 0.29) is 29.5 Å². The van der Waals surface area contributed by atoms with Crippen LogP contribution >= 0.6 is 0 Å². The molecule has 10 nitrogen and oxygen atoms in total. The standard InChI is InChI=1S/C27H31N5O5/c1-6-30(26(34)16-9-19-7-10-21(11-8-19)32(35)36)18-25(33)28-24-17-23(27(2,3)4)29-31(24)20-12-14-22(37-5)15-13-20/h7-17H,6,18H2,1-5H3,(H,28,33). The topological polar surface area (TPSA) is 120 Å². The number of rotatable bonds is 9. The first-order valence-electron chi connectivity index (χ1n) is 11.8. The largest absolute Gasteiger partial charge is 0.497 e. The van der Waals surface area contributed by atoms with Gasteiger partial charge in [-0.05, 0) is 55.0 Å². The number of aromatic nitrogens is 2. The van der Waals surface area contributed by atoms with Crippen molar-refractivity contribution in [3.63, 3.8) is 0 Å². The van der Waals surface area contributed by atoms with Crippen LogP contribution in [0.2, 0.25) is 0 Å². The lowest BCUT2D eigenvalue weighted by molar-refractivity contribution is -0.384. The molecule has 1 N–H and O–H groups in total. The zero-order chi connectivity index (χ0) is 27.2. The van der Waals surface area contributed by atoms with Crippen LogP contribution in [0.4, 0.5) is 11.5 Å². The highest BCUT2D eigenvalue weighted by molar-refractivity contribution is 5.97. The molecule has 3 rings (SSSR count). The number of hydrogen-bond acceptors (Lipinski definition) is 6. The van der Waals surface area contributed by atoms with Gasteiger partial charge in [0.2, 0.25) is 11.8 Å². The SMILES string of the molecule is CCN(CC(=O)Nc1cc(C(C)(C)C)nn1-c1ccc(OC)cc1)C(=O)C=Cc1ccc([N+](=O)[O-])cc1. The summed E-state index contributed by atoms with van der Waals surface area (Å²) in [6.45, 7) is 8.06. The van der Waals surface area contributed by atoms with Crippen molar-refractivity contribution >= 4 is 29.4 Å². The number of hydrogen-bond donors (Lipinski definition) is 1. The van der Waals surface area contributed by atoms with Gasteiger partial charge < -0.3 is 15.0 Å². The Morgan fingerprint density at radius 2 is 1.78 bits per heavy atom. The Morgan fingerprint density at radius 1 is 1.14 bits per heavy atom. The average molecular weight is 506 g/mol. The van der Waals surface area contributed by atoms with Gasteiger partial charge in [-0.25, -0.2) is 4.68 Å². The van der Waals surface area contributed by atoms with Crippen molar-refractivity contribution in [3.05, 3.63) is 82.0 Å². The summed E-state index contributed by atoms with van der Waals surface area (Å²) < 4.78 is 6.89. The maximum absolute atomic E-state index is 13.0. The summed E-state index contributed by atoms with van der Waals surface area (Å²) in [6.07, 6.45) is 2.90. The molecule has 2 amide bonds. The van der Waals surface area contributed by atoms with E-state index in [2.05, 4.69) is 5.32 Å². The van der Waals surface area contributed by atoms with Crippen LogP contribution in [0.3, 0.4) is 0 Å². The monoisotopic (exact) mass is 505 g/mol. The van der Waals surface area contributed by atoms with Crippen molar-refractivity contribution in [1.82, 2.24) is 14.7 Å². The summed E-state index contributed by atoms with van der Waals surface area (Å²) in [5.74, 6) is 0.477. The van der Waals surface area contributed by atoms with Crippen LogP contribution in [0.1, 0.15) is 39.0 Å². The Hall–Kier alpha value is -4.47. The minimum atomic E-state index is -0.485. The van der Waals surface area contributed by atoms with Gasteiger partial charge in [0.25, 0.3) is 5.69 Å². The summed E-state index contributed by atoms with van der Waals surface area (Å²) in [4.78, 5) is 37.4. The Morgan fingerprint density at radius 3 is 2.32 bits per heavy atom. The number of carbonyl (C=O) groups is 2. The lowest BCUT2D eigenvalue weighted by atomic mass is 9.92. The molecule has 1 heterocycles. The lowest BCUT2D eigenvalue weighted by Gasteiger charge is -2.19. The predicted molar refractivity (Wildman–Crippen MR) is 142 cm³/mol. The van der Waals surface area contributed by atoms with Crippen molar-refractivity contribution in [1.29, 1.82) is 0 Å². The van der Waals surface area contributed by atoms with Crippen molar-refractivity contribution < 1.29 is 19.2 Å². The zero-order valence-electron chi connectivity index (χ0n) is 21.6. The van der Waals surface area contributed by atoms with Crippen molar-refractivity contribution in [2.24, 2.45) is 0 Å². The molecule has 0 fully saturated rings. The van der Waals surface area contributed by atoms with Crippen molar-refractivity contribution in [2.45, 2.75) is 33.1 Å². The second-order valence-corrected chi connectivity index (χ2v) is 9.36. The molecule has 37 heavy (non-hydrogen) atoms. The van der Waals surface area contributed by atoms with Gasteiger partial charge in [0.05, 0.1) is 23.4 Å². The number of non-ortho nitro benzene ring substituents is 1. The highest BCUT2D eigenvalue weighted by Gasteiger charge is 2.22. The van der Waals surface area contributed by atoms with Gasteiger partial charge in [-0.2, -0.15) is 5.10 Å². The second-order valence-electron chi connectivity index (χ2n) is 9.36. The molecule has 0 bridgehead atoms. The van der Waals surface area contributed by atoms with E-state index in [1.54, 1.807) is 36.9 Å². The van der Waals surface area contributed by atoms with Gasteiger partial charge in [0, 0.05) is 36.2 Å². The van der Waals surface area contributed by atoms with Crippen molar-refractivity contribution in [2.75, 3.05) is 25.5 Å². The number of ether oxygens (including phenoxy) is 1. The Kier molecular flexibility index (Phi) is 8.44. The smallest absolute Gasteiger partial charge is 0.269 e. The zero-order valence-corrected chi connectivity index (χ0v) is 21.6. The number of anilines is 1. The van der Waals surface area contributed by atoms with Crippen LogP contribution in [-0.2, 0) is 15.0 Å². The third kappa shape index (κ3) is 7.03. The van der Waals surface area contributed by atoms with Gasteiger partial charge in [0.15, 0.2) is 0 Å². The summed E-state index contributed by atoms with van der Waals surface area (Å²) in [7, 11) is 1.59. The van der Waals surface area contributed by atoms with E-state index in [0.29, 0.717) is 23.7 Å². The first-order valence-corrected chi connectivity index (χ1v) is 11.8. The molecular formula is C27H31N5O5. The fourth-order valence-corrected chi connectivity index (χ4v) is 3.44. The van der Waals surface area contributed by atoms with Crippen LogP contribution < -0.4 is 10.1 Å². The molecule has 0 aliphatic carbocycles. The third-order valence-electron chi connectivity index (χ3n) is 5.61. The first kappa shape index (κ1) is 27.1. The third-order valence-corrected chi connectivity index (χ3v) is 5.61. The molecule has 0 spiro atoms. The van der Waals surface area contributed by atoms with Crippen LogP contribution in [0.5, 0.6) is 5.75 Å². The van der Waals surface area contributed by atoms with Crippen LogP contribution in [0.15, 0.2) is 60.7 Å². The first-order chi connectivity index (χ1) is 17.5. The van der Waals surface area contributed by atoms with Crippen LogP contribution in [0.25, 0.3) is 11.8 Å². The number of nitrogens with one attached hydrogen (secondary N) is 1. The highest BCUT2D eigenvalue weighted by atomic mass is 16.6. The normalized spacial score (nSPS) is 11.4. The molecule has 1 aromatic heterocycles. The summed E-state index contributed by atoms with van der Waals surface area (Å²) in [5.41, 5.74) is 1.91. The van der Waals surface area contributed by atoms with Gasteiger partial charge >= 0.3 is 0 Å². The van der Waals surface area contributed by atoms with Crippen molar-refractivity contribution in [3.8, 4) is 11.4 Å². The number of nitro groups is 1. The van der Waals surface area contributed by atoms with Gasteiger partial charge in [-0.15, -0.1) is 0 Å². The number of nitrogens with zero attached hydrogens (tertiary/aromatic N) is 4. The van der Waals surface area contributed by atoms with E-state index in [0.717, 1.165) is 11.4 Å². The average Bonchev–Trinajstić information content (AvgIpc) is 3.30. The lowest BCUT2D eigenvalue weighted by Crippen LogP contribution is -2.37. The van der Waals surface area contributed by atoms with Crippen LogP contribution in [-0.4, -0.2) is 51.6 Å². The number of amides is 2. The minimum Gasteiger partial charge on any atom is -0.497 e. The van der Waals surface area contributed by atoms with E-state index < -0.39 is 4.92 Å². The number of methoxy groups -OCH3 is 1. The van der Waals surface area contributed by atoms with E-state index in [4.69, 9.17) is 9.84 Å². The maximum Gasteiger partial charge on any atom is 0.269 e. The molecule has 0 saturated carbocycles. The molecule has 0 aliphatic rings. The molecule has 0 unspecified atom stereocenters. The van der Waals surface area contributed by atoms with Gasteiger partial charge in [-0.3, -0.25) is 19.7 Å². The molecule has 10 heteroatoms. The molecule has 0 radical (unpaired) electrons. The molecule has 0 atom stereocenters. The Labute approximate surface area is 215 Å². The molecule has 2 aromatic carbocycles. The Balaban J connectivity index is 1.74. The van der Waals surface area contributed by atoms with E-state index >= 15 is 0 Å². The predicted octanol–water partition coefficient (Wildman–Crippen LogP) is 4.59. The van der Waals surface area contributed by atoms with Gasteiger partial charge in [-0.1, -0.05) is 20.8 Å². The quantitative estimate of drug-likeness (QED) is 0.258. The fraction of sp³-hybridized carbons (Fsp3) is 0.296. The Bertz CT molecular complexity index is 1290. The second kappa shape index (κ2) is 11.5. The molecule has 3 aromatic rings. The number of nitro benzene ring substituents is 1. The number of benzene rings is 2. The summed E-state index contributed by atoms with van der Waals surface area (Å²) in [5, 5.41) is 18.4. The minimum absolute atomic E-state index is 0.0289. The summed E-state index contributed by atoms with van der Waals surface area (Å²) >= 11 is 0. The molecule has 194 valence electrons. The summed E-state index contributed by atoms with van der Waals surface area (Å²) in [6, 6.07) is 15.0. The molecule has 0 aliphatic heterocycles. The van der Waals surface area contributed by atoms with E-state index in [9.17, 15) is 19.7 Å². The molecular weight excluding hydrogens is 474 g/mol. The number of likely N-dealkylation sites (N-methyl/N-ethyl adjacent to an activating group) is 1. The number of carbonyl (C=O) groups excluding carboxylic acids is 2. The van der Waals surface area contributed by atoms with Gasteiger partial charge in [0.1, 0.15) is 18.1 Å². The highest BCUT2D eigenvalue weighted by Crippen LogP contribution is 2.27. The fourth-order valence-electron chi connectivity index (χ4n) is 3.44. The van der Waals surface area contributed by atoms with E-state index in [1.807, 2.05) is 51.1 Å². The van der Waals surface area contributed by atoms with E-state index in [1.165, 1.54) is 23.1 Å².